The molecule has 0 radical (unpaired) electrons. The molecule has 0 aliphatic heterocycles. The van der Waals surface area contributed by atoms with Gasteiger partial charge in [-0.05, 0) is 44.4 Å². The van der Waals surface area contributed by atoms with E-state index in [2.05, 4.69) is 4.98 Å². The number of esters is 1. The second-order valence-electron chi connectivity index (χ2n) is 5.28. The predicted octanol–water partition coefficient (Wildman–Crippen LogP) is 3.20. The molecule has 0 aliphatic rings. The van der Waals surface area contributed by atoms with Crippen molar-refractivity contribution >= 4 is 16.7 Å². The molecule has 2 rings (SSSR count). The van der Waals surface area contributed by atoms with Gasteiger partial charge in [-0.3, -0.25) is 0 Å². The van der Waals surface area contributed by atoms with Gasteiger partial charge < -0.3 is 9.47 Å². The first kappa shape index (κ1) is 13.3. The van der Waals surface area contributed by atoms with Gasteiger partial charge in [0.05, 0.1) is 7.11 Å². The van der Waals surface area contributed by atoms with E-state index in [0.29, 0.717) is 5.69 Å². The van der Waals surface area contributed by atoms with Gasteiger partial charge in [0.25, 0.3) is 0 Å². The number of carbonyl (C=O) groups is 1. The first-order chi connectivity index (χ1) is 8.89. The Morgan fingerprint density at radius 3 is 2.53 bits per heavy atom. The average Bonchev–Trinajstić information content (AvgIpc) is 2.35. The van der Waals surface area contributed by atoms with Crippen LogP contribution in [-0.2, 0) is 4.74 Å². The number of ether oxygens (including phenoxy) is 2. The van der Waals surface area contributed by atoms with Crippen molar-refractivity contribution in [3.63, 3.8) is 0 Å². The van der Waals surface area contributed by atoms with Gasteiger partial charge in [-0.1, -0.05) is 6.07 Å². The van der Waals surface area contributed by atoms with E-state index in [1.165, 1.54) is 0 Å². The van der Waals surface area contributed by atoms with Crippen molar-refractivity contribution in [1.29, 1.82) is 0 Å². The standard InChI is InChI=1S/C15H17NO3/c1-15(2,3)19-14(17)13-8-10-5-6-12(18-4)7-11(10)9-16-13/h5-9H,1-4H3. The molecule has 19 heavy (non-hydrogen) atoms. The van der Waals surface area contributed by atoms with Crippen LogP contribution in [0.4, 0.5) is 0 Å². The molecule has 0 unspecified atom stereocenters. The lowest BCUT2D eigenvalue weighted by Crippen LogP contribution is -2.24. The fraction of sp³-hybridized carbons (Fsp3) is 0.333. The Labute approximate surface area is 112 Å². The summed E-state index contributed by atoms with van der Waals surface area (Å²) in [6.07, 6.45) is 1.65. The Balaban J connectivity index is 2.34. The van der Waals surface area contributed by atoms with E-state index in [1.807, 2.05) is 39.0 Å². The van der Waals surface area contributed by atoms with Gasteiger partial charge in [-0.15, -0.1) is 0 Å². The second kappa shape index (κ2) is 4.88. The van der Waals surface area contributed by atoms with Gasteiger partial charge in [0.1, 0.15) is 17.0 Å². The molecule has 2 aromatic rings. The summed E-state index contributed by atoms with van der Waals surface area (Å²) in [7, 11) is 1.61. The number of benzene rings is 1. The summed E-state index contributed by atoms with van der Waals surface area (Å²) < 4.78 is 10.4. The van der Waals surface area contributed by atoms with Gasteiger partial charge in [0, 0.05) is 11.6 Å². The molecule has 1 aromatic heterocycles. The highest BCUT2D eigenvalue weighted by Gasteiger charge is 2.19. The van der Waals surface area contributed by atoms with Crippen LogP contribution in [0, 0.1) is 0 Å². The van der Waals surface area contributed by atoms with Crippen molar-refractivity contribution < 1.29 is 14.3 Å². The van der Waals surface area contributed by atoms with Crippen LogP contribution < -0.4 is 4.74 Å². The number of fused-ring (bicyclic) bond motifs is 1. The Bertz CT molecular complexity index is 614. The summed E-state index contributed by atoms with van der Waals surface area (Å²) in [5.41, 5.74) is -0.208. The third-order valence-electron chi connectivity index (χ3n) is 2.54. The van der Waals surface area contributed by atoms with Crippen LogP contribution in [0.5, 0.6) is 5.75 Å². The van der Waals surface area contributed by atoms with Crippen molar-refractivity contribution in [2.75, 3.05) is 7.11 Å². The highest BCUT2D eigenvalue weighted by molar-refractivity contribution is 5.93. The highest BCUT2D eigenvalue weighted by atomic mass is 16.6. The van der Waals surface area contributed by atoms with Crippen molar-refractivity contribution in [1.82, 2.24) is 4.98 Å². The lowest BCUT2D eigenvalue weighted by molar-refractivity contribution is 0.00631. The maximum Gasteiger partial charge on any atom is 0.357 e. The van der Waals surface area contributed by atoms with Crippen LogP contribution in [0.25, 0.3) is 10.8 Å². The topological polar surface area (TPSA) is 48.4 Å². The van der Waals surface area contributed by atoms with E-state index in [-0.39, 0.29) is 0 Å². The molecular formula is C15H17NO3. The van der Waals surface area contributed by atoms with Crippen molar-refractivity contribution in [3.8, 4) is 5.75 Å². The van der Waals surface area contributed by atoms with Crippen molar-refractivity contribution in [2.45, 2.75) is 26.4 Å². The third kappa shape index (κ3) is 3.22. The lowest BCUT2D eigenvalue weighted by atomic mass is 10.1. The second-order valence-corrected chi connectivity index (χ2v) is 5.28. The Hall–Kier alpha value is -2.10. The number of aromatic nitrogens is 1. The fourth-order valence-electron chi connectivity index (χ4n) is 1.69. The van der Waals surface area contributed by atoms with Crippen molar-refractivity contribution in [3.05, 3.63) is 36.2 Å². The largest absolute Gasteiger partial charge is 0.497 e. The first-order valence-electron chi connectivity index (χ1n) is 6.06. The van der Waals surface area contributed by atoms with E-state index >= 15 is 0 Å². The molecule has 4 nitrogen and oxygen atoms in total. The zero-order valence-electron chi connectivity index (χ0n) is 11.6. The molecule has 0 fully saturated rings. The van der Waals surface area contributed by atoms with E-state index < -0.39 is 11.6 Å². The van der Waals surface area contributed by atoms with Gasteiger partial charge in [0.15, 0.2) is 0 Å². The number of rotatable bonds is 2. The van der Waals surface area contributed by atoms with Gasteiger partial charge in [-0.2, -0.15) is 0 Å². The minimum atomic E-state index is -0.520. The normalized spacial score (nSPS) is 11.4. The Kier molecular flexibility index (Phi) is 3.42. The van der Waals surface area contributed by atoms with E-state index in [1.54, 1.807) is 19.4 Å². The van der Waals surface area contributed by atoms with Crippen LogP contribution >= 0.6 is 0 Å². The van der Waals surface area contributed by atoms with Gasteiger partial charge >= 0.3 is 5.97 Å². The molecule has 0 N–H and O–H groups in total. The molecule has 0 saturated carbocycles. The van der Waals surface area contributed by atoms with Gasteiger partial charge in [-0.25, -0.2) is 9.78 Å². The molecule has 1 heterocycles. The molecule has 4 heteroatoms. The molecule has 0 amide bonds. The number of hydrogen-bond donors (Lipinski definition) is 0. The maximum atomic E-state index is 11.9. The zero-order valence-corrected chi connectivity index (χ0v) is 11.6. The third-order valence-corrected chi connectivity index (χ3v) is 2.54. The van der Waals surface area contributed by atoms with Crippen LogP contribution in [-0.4, -0.2) is 23.7 Å². The lowest BCUT2D eigenvalue weighted by Gasteiger charge is -2.19. The summed E-state index contributed by atoms with van der Waals surface area (Å²) in [5, 5.41) is 1.85. The minimum absolute atomic E-state index is 0.313. The molecule has 0 bridgehead atoms. The minimum Gasteiger partial charge on any atom is -0.497 e. The van der Waals surface area contributed by atoms with E-state index in [9.17, 15) is 4.79 Å². The van der Waals surface area contributed by atoms with Crippen LogP contribution in [0.15, 0.2) is 30.5 Å². The summed E-state index contributed by atoms with van der Waals surface area (Å²) in [5.74, 6) is 0.351. The summed E-state index contributed by atoms with van der Waals surface area (Å²) in [6, 6.07) is 7.34. The summed E-state index contributed by atoms with van der Waals surface area (Å²) in [4.78, 5) is 16.1. The van der Waals surface area contributed by atoms with Crippen LogP contribution in [0.1, 0.15) is 31.3 Å². The Morgan fingerprint density at radius 1 is 1.16 bits per heavy atom. The van der Waals surface area contributed by atoms with E-state index in [0.717, 1.165) is 16.5 Å². The number of hydrogen-bond acceptors (Lipinski definition) is 4. The molecule has 0 aliphatic carbocycles. The fourth-order valence-corrected chi connectivity index (χ4v) is 1.69. The first-order valence-corrected chi connectivity index (χ1v) is 6.06. The zero-order chi connectivity index (χ0) is 14.0. The smallest absolute Gasteiger partial charge is 0.357 e. The van der Waals surface area contributed by atoms with E-state index in [4.69, 9.17) is 9.47 Å². The molecular weight excluding hydrogens is 242 g/mol. The highest BCUT2D eigenvalue weighted by Crippen LogP contribution is 2.21. The quantitative estimate of drug-likeness (QED) is 0.777. The van der Waals surface area contributed by atoms with Crippen molar-refractivity contribution in [2.24, 2.45) is 0 Å². The number of methoxy groups -OCH3 is 1. The maximum absolute atomic E-state index is 11.9. The molecule has 100 valence electrons. The molecule has 0 saturated heterocycles. The monoisotopic (exact) mass is 259 g/mol. The Morgan fingerprint density at radius 2 is 1.89 bits per heavy atom. The molecule has 0 spiro atoms. The summed E-state index contributed by atoms with van der Waals surface area (Å²) >= 11 is 0. The number of carbonyl (C=O) groups excluding carboxylic acids is 1. The molecule has 0 atom stereocenters. The number of nitrogens with zero attached hydrogens (tertiary/aromatic N) is 1. The summed E-state index contributed by atoms with van der Waals surface area (Å²) in [6.45, 7) is 5.49. The average molecular weight is 259 g/mol. The van der Waals surface area contributed by atoms with Gasteiger partial charge in [0.2, 0.25) is 0 Å². The number of pyridine rings is 1. The molecule has 1 aromatic carbocycles. The SMILES string of the molecule is COc1ccc2cc(C(=O)OC(C)(C)C)ncc2c1. The van der Waals surface area contributed by atoms with Crippen LogP contribution in [0.2, 0.25) is 0 Å². The predicted molar refractivity (Wildman–Crippen MR) is 73.5 cm³/mol. The van der Waals surface area contributed by atoms with Crippen LogP contribution in [0.3, 0.4) is 0 Å².